The molecule has 0 saturated carbocycles. The largest absolute Gasteiger partial charge is 0.379 e. The number of benzene rings is 1. The first kappa shape index (κ1) is 15.1. The molecule has 1 aromatic heterocycles. The Kier molecular flexibility index (Phi) is 4.94. The zero-order valence-electron chi connectivity index (χ0n) is 12.1. The van der Waals surface area contributed by atoms with E-state index in [2.05, 4.69) is 10.4 Å². The van der Waals surface area contributed by atoms with Crippen molar-refractivity contribution in [3.63, 3.8) is 0 Å². The molecule has 6 heteroatoms. The molecule has 0 fully saturated rings. The fourth-order valence-electron chi connectivity index (χ4n) is 2.11. The lowest BCUT2D eigenvalue weighted by molar-refractivity contribution is 0.0821. The summed E-state index contributed by atoms with van der Waals surface area (Å²) in [6.45, 7) is 0.379. The Hall–Kier alpha value is -2.34. The summed E-state index contributed by atoms with van der Waals surface area (Å²) in [4.78, 5) is 23.2. The predicted molar refractivity (Wildman–Crippen MR) is 79.3 cm³/mol. The van der Waals surface area contributed by atoms with Crippen LogP contribution in [0.2, 0.25) is 0 Å². The van der Waals surface area contributed by atoms with Gasteiger partial charge in [0, 0.05) is 33.2 Å². The van der Waals surface area contributed by atoms with Crippen LogP contribution in [0, 0.1) is 0 Å². The van der Waals surface area contributed by atoms with E-state index in [1.54, 1.807) is 14.2 Å². The minimum atomic E-state index is -0.300. The molecule has 1 unspecified atom stereocenters. The molecule has 6 nitrogen and oxygen atoms in total. The summed E-state index contributed by atoms with van der Waals surface area (Å²) < 4.78 is 6.78. The maximum atomic E-state index is 12.0. The summed E-state index contributed by atoms with van der Waals surface area (Å²) in [5, 5.41) is 5.28. The van der Waals surface area contributed by atoms with Crippen LogP contribution in [0.25, 0.3) is 0 Å². The summed E-state index contributed by atoms with van der Waals surface area (Å²) in [7, 11) is 3.24. The third kappa shape index (κ3) is 4.06. The van der Waals surface area contributed by atoms with Crippen molar-refractivity contribution < 1.29 is 9.53 Å². The molecule has 1 atom stereocenters. The number of H-pyrrole nitrogens is 1. The lowest BCUT2D eigenvalue weighted by atomic mass is 10.1. The minimum absolute atomic E-state index is 0.118. The summed E-state index contributed by atoms with van der Waals surface area (Å²) in [5.74, 6) is -0.300. The van der Waals surface area contributed by atoms with Crippen LogP contribution in [0.4, 0.5) is 0 Å². The molecule has 21 heavy (non-hydrogen) atoms. The Morgan fingerprint density at radius 3 is 2.67 bits per heavy atom. The van der Waals surface area contributed by atoms with Crippen molar-refractivity contribution >= 4 is 5.91 Å². The number of carbonyl (C=O) groups excluding carboxylic acids is 1. The van der Waals surface area contributed by atoms with Crippen molar-refractivity contribution in [2.45, 2.75) is 12.5 Å². The second-order valence-electron chi connectivity index (χ2n) is 4.82. The van der Waals surface area contributed by atoms with Gasteiger partial charge in [0.2, 0.25) is 0 Å². The van der Waals surface area contributed by atoms with Crippen LogP contribution in [0.15, 0.2) is 41.2 Å². The second kappa shape index (κ2) is 6.90. The maximum absolute atomic E-state index is 12.0. The van der Waals surface area contributed by atoms with E-state index in [-0.39, 0.29) is 17.6 Å². The molecule has 0 aliphatic heterocycles. The van der Waals surface area contributed by atoms with Crippen LogP contribution in [-0.2, 0) is 18.2 Å². The Morgan fingerprint density at radius 1 is 1.38 bits per heavy atom. The number of aryl methyl sites for hydroxylation is 1. The molecule has 0 radical (unpaired) electrons. The summed E-state index contributed by atoms with van der Waals surface area (Å²) in [5.41, 5.74) is 1.15. The monoisotopic (exact) mass is 289 g/mol. The highest BCUT2D eigenvalue weighted by molar-refractivity contribution is 5.92. The first-order valence-corrected chi connectivity index (χ1v) is 6.71. The predicted octanol–water partition coefficient (Wildman–Crippen LogP) is 0.701. The topological polar surface area (TPSA) is 76.1 Å². The van der Waals surface area contributed by atoms with Gasteiger partial charge in [0.25, 0.3) is 11.5 Å². The number of aromatic amines is 1. The number of nitrogens with zero attached hydrogens (tertiary/aromatic N) is 1. The number of hydrogen-bond acceptors (Lipinski definition) is 3. The highest BCUT2D eigenvalue weighted by atomic mass is 16.5. The van der Waals surface area contributed by atoms with Crippen molar-refractivity contribution in [2.24, 2.45) is 7.05 Å². The molecule has 0 saturated heterocycles. The second-order valence-corrected chi connectivity index (χ2v) is 4.82. The number of ether oxygens (including phenoxy) is 1. The van der Waals surface area contributed by atoms with Gasteiger partial charge in [-0.05, 0) is 5.56 Å². The van der Waals surface area contributed by atoms with Gasteiger partial charge in [-0.3, -0.25) is 19.4 Å². The van der Waals surface area contributed by atoms with Gasteiger partial charge in [-0.2, -0.15) is 0 Å². The smallest absolute Gasteiger partial charge is 0.269 e. The normalized spacial score (nSPS) is 12.1. The molecular formula is C15H19N3O3. The molecule has 1 amide bonds. The molecule has 1 aromatic carbocycles. The first-order chi connectivity index (χ1) is 10.1. The summed E-state index contributed by atoms with van der Waals surface area (Å²) in [6.07, 6.45) is 0.594. The van der Waals surface area contributed by atoms with Crippen LogP contribution in [-0.4, -0.2) is 35.4 Å². The van der Waals surface area contributed by atoms with E-state index in [1.165, 1.54) is 10.7 Å². The average Bonchev–Trinajstić information content (AvgIpc) is 2.83. The lowest BCUT2D eigenvalue weighted by Crippen LogP contribution is -2.35. The molecule has 0 aliphatic rings. The number of hydrogen-bond donors (Lipinski definition) is 2. The first-order valence-electron chi connectivity index (χ1n) is 6.71. The van der Waals surface area contributed by atoms with Gasteiger partial charge in [0.05, 0.1) is 6.10 Å². The SMILES string of the molecule is COC(CNC(=O)c1cc(=O)[nH]n1C)Cc1ccccc1. The fraction of sp³-hybridized carbons (Fsp3) is 0.333. The van der Waals surface area contributed by atoms with E-state index in [0.29, 0.717) is 18.7 Å². The molecule has 2 N–H and O–H groups in total. The van der Waals surface area contributed by atoms with Crippen molar-refractivity contribution in [1.29, 1.82) is 0 Å². The van der Waals surface area contributed by atoms with Gasteiger partial charge < -0.3 is 10.1 Å². The number of rotatable bonds is 6. The zero-order chi connectivity index (χ0) is 15.2. The van der Waals surface area contributed by atoms with Crippen LogP contribution >= 0.6 is 0 Å². The third-order valence-corrected chi connectivity index (χ3v) is 3.27. The Balaban J connectivity index is 1.92. The van der Waals surface area contributed by atoms with Crippen molar-refractivity contribution in [2.75, 3.05) is 13.7 Å². The van der Waals surface area contributed by atoms with E-state index in [0.717, 1.165) is 5.56 Å². The lowest BCUT2D eigenvalue weighted by Gasteiger charge is -2.16. The Labute approximate surface area is 122 Å². The van der Waals surface area contributed by atoms with Gasteiger partial charge in [-0.25, -0.2) is 0 Å². The van der Waals surface area contributed by atoms with Crippen LogP contribution < -0.4 is 10.9 Å². The van der Waals surface area contributed by atoms with E-state index < -0.39 is 0 Å². The molecular weight excluding hydrogens is 270 g/mol. The fourth-order valence-corrected chi connectivity index (χ4v) is 2.11. The molecule has 0 aliphatic carbocycles. The van der Waals surface area contributed by atoms with Crippen LogP contribution in [0.5, 0.6) is 0 Å². The highest BCUT2D eigenvalue weighted by Gasteiger charge is 2.14. The van der Waals surface area contributed by atoms with Crippen molar-refractivity contribution in [1.82, 2.24) is 15.1 Å². The molecule has 0 spiro atoms. The quantitative estimate of drug-likeness (QED) is 0.822. The van der Waals surface area contributed by atoms with Crippen LogP contribution in [0.3, 0.4) is 0 Å². The van der Waals surface area contributed by atoms with Crippen LogP contribution in [0.1, 0.15) is 16.1 Å². The summed E-state index contributed by atoms with van der Waals surface area (Å²) >= 11 is 0. The van der Waals surface area contributed by atoms with E-state index in [4.69, 9.17) is 4.74 Å². The van der Waals surface area contributed by atoms with Crippen molar-refractivity contribution in [3.8, 4) is 0 Å². The number of aromatic nitrogens is 2. The van der Waals surface area contributed by atoms with Gasteiger partial charge in [-0.1, -0.05) is 30.3 Å². The zero-order valence-corrected chi connectivity index (χ0v) is 12.1. The van der Waals surface area contributed by atoms with Gasteiger partial charge >= 0.3 is 0 Å². The standard InChI is InChI=1S/C15H19N3O3/c1-18-13(9-14(19)17-18)15(20)16-10-12(21-2)8-11-6-4-3-5-7-11/h3-7,9,12H,8,10H2,1-2H3,(H,16,20)(H,17,19). The molecule has 1 heterocycles. The average molecular weight is 289 g/mol. The number of nitrogens with one attached hydrogen (secondary N) is 2. The summed E-state index contributed by atoms with van der Waals surface area (Å²) in [6, 6.07) is 11.2. The van der Waals surface area contributed by atoms with Gasteiger partial charge in [0.15, 0.2) is 0 Å². The van der Waals surface area contributed by atoms with Crippen molar-refractivity contribution in [3.05, 3.63) is 58.0 Å². The highest BCUT2D eigenvalue weighted by Crippen LogP contribution is 2.05. The number of carbonyl (C=O) groups is 1. The number of methoxy groups -OCH3 is 1. The van der Waals surface area contributed by atoms with E-state index >= 15 is 0 Å². The Bertz CT molecular complexity index is 646. The van der Waals surface area contributed by atoms with E-state index in [9.17, 15) is 9.59 Å². The minimum Gasteiger partial charge on any atom is -0.379 e. The van der Waals surface area contributed by atoms with Gasteiger partial charge in [0.1, 0.15) is 5.69 Å². The van der Waals surface area contributed by atoms with E-state index in [1.807, 2.05) is 30.3 Å². The molecule has 112 valence electrons. The third-order valence-electron chi connectivity index (χ3n) is 3.27. The number of amides is 1. The molecule has 0 bridgehead atoms. The Morgan fingerprint density at radius 2 is 2.10 bits per heavy atom. The molecule has 2 rings (SSSR count). The molecule has 2 aromatic rings. The van der Waals surface area contributed by atoms with Gasteiger partial charge in [-0.15, -0.1) is 0 Å². The maximum Gasteiger partial charge on any atom is 0.269 e.